The lowest BCUT2D eigenvalue weighted by atomic mass is 10.0. The van der Waals surface area contributed by atoms with Crippen LogP contribution in [0.4, 0.5) is 0 Å². The molecule has 1 atom stereocenters. The third-order valence-electron chi connectivity index (χ3n) is 3.27. The van der Waals surface area contributed by atoms with E-state index in [1.165, 1.54) is 31.5 Å². The molecule has 0 spiro atoms. The monoisotopic (exact) mass is 218 g/mol. The van der Waals surface area contributed by atoms with Crippen LogP contribution >= 0.6 is 0 Å². The van der Waals surface area contributed by atoms with Crippen molar-refractivity contribution in [3.8, 4) is 0 Å². The highest BCUT2D eigenvalue weighted by Gasteiger charge is 2.26. The van der Waals surface area contributed by atoms with E-state index in [9.17, 15) is 0 Å². The number of pyridine rings is 1. The summed E-state index contributed by atoms with van der Waals surface area (Å²) in [7, 11) is 0. The Morgan fingerprint density at radius 3 is 3.00 bits per heavy atom. The quantitative estimate of drug-likeness (QED) is 0.774. The standard InChI is InChI=1S/C14H22N2/c1-11(2)10-16-8-4-5-14(16)13-6-7-15-12(3)9-13/h6-7,9,11,14H,4-5,8,10H2,1-3H3. The molecule has 2 rings (SSSR count). The smallest absolute Gasteiger partial charge is 0.0375 e. The maximum atomic E-state index is 4.28. The lowest BCUT2D eigenvalue weighted by molar-refractivity contribution is 0.229. The van der Waals surface area contributed by atoms with Crippen molar-refractivity contribution in [1.29, 1.82) is 0 Å². The normalized spacial score (nSPS) is 21.9. The molecular weight excluding hydrogens is 196 g/mol. The third-order valence-corrected chi connectivity index (χ3v) is 3.27. The maximum absolute atomic E-state index is 4.28. The van der Waals surface area contributed by atoms with Crippen LogP contribution in [0.25, 0.3) is 0 Å². The second kappa shape index (κ2) is 4.96. The van der Waals surface area contributed by atoms with Gasteiger partial charge in [0.2, 0.25) is 0 Å². The average molecular weight is 218 g/mol. The van der Waals surface area contributed by atoms with E-state index in [4.69, 9.17) is 0 Å². The zero-order valence-corrected chi connectivity index (χ0v) is 10.6. The van der Waals surface area contributed by atoms with E-state index in [1.807, 2.05) is 6.20 Å². The number of aromatic nitrogens is 1. The van der Waals surface area contributed by atoms with E-state index in [0.717, 1.165) is 11.6 Å². The van der Waals surface area contributed by atoms with Gasteiger partial charge in [0, 0.05) is 24.5 Å². The third kappa shape index (κ3) is 2.62. The van der Waals surface area contributed by atoms with Crippen molar-refractivity contribution in [2.45, 2.75) is 39.7 Å². The topological polar surface area (TPSA) is 16.1 Å². The zero-order chi connectivity index (χ0) is 11.5. The maximum Gasteiger partial charge on any atom is 0.0375 e. The number of hydrogen-bond donors (Lipinski definition) is 0. The number of aryl methyl sites for hydroxylation is 1. The summed E-state index contributed by atoms with van der Waals surface area (Å²) in [6, 6.07) is 5.05. The highest BCUT2D eigenvalue weighted by molar-refractivity contribution is 5.20. The van der Waals surface area contributed by atoms with Gasteiger partial charge >= 0.3 is 0 Å². The Balaban J connectivity index is 2.13. The molecule has 1 fully saturated rings. The predicted molar refractivity (Wildman–Crippen MR) is 67.4 cm³/mol. The summed E-state index contributed by atoms with van der Waals surface area (Å²) in [6.45, 7) is 9.14. The first-order valence-electron chi connectivity index (χ1n) is 6.33. The van der Waals surface area contributed by atoms with Gasteiger partial charge < -0.3 is 0 Å². The molecule has 0 bridgehead atoms. The molecule has 2 heterocycles. The first kappa shape index (κ1) is 11.6. The number of likely N-dealkylation sites (tertiary alicyclic amines) is 1. The first-order chi connectivity index (χ1) is 7.66. The van der Waals surface area contributed by atoms with Crippen LogP contribution in [0.5, 0.6) is 0 Å². The molecule has 0 radical (unpaired) electrons. The summed E-state index contributed by atoms with van der Waals surface area (Å²) in [5, 5.41) is 0. The fraction of sp³-hybridized carbons (Fsp3) is 0.643. The largest absolute Gasteiger partial charge is 0.296 e. The molecular formula is C14H22N2. The predicted octanol–water partition coefficient (Wildman–Crippen LogP) is 3.18. The van der Waals surface area contributed by atoms with Crippen LogP contribution in [-0.4, -0.2) is 23.0 Å². The minimum atomic E-state index is 0.629. The van der Waals surface area contributed by atoms with Gasteiger partial charge in [0.1, 0.15) is 0 Å². The number of hydrogen-bond acceptors (Lipinski definition) is 2. The summed E-state index contributed by atoms with van der Waals surface area (Å²) in [4.78, 5) is 6.90. The average Bonchev–Trinajstić information content (AvgIpc) is 2.65. The Morgan fingerprint density at radius 2 is 2.31 bits per heavy atom. The molecule has 1 aliphatic heterocycles. The fourth-order valence-corrected chi connectivity index (χ4v) is 2.67. The Kier molecular flexibility index (Phi) is 3.59. The van der Waals surface area contributed by atoms with Crippen LogP contribution in [0.1, 0.15) is 44.0 Å². The highest BCUT2D eigenvalue weighted by atomic mass is 15.2. The Hall–Kier alpha value is -0.890. The molecule has 1 aliphatic rings. The molecule has 1 saturated heterocycles. The summed E-state index contributed by atoms with van der Waals surface area (Å²) in [6.07, 6.45) is 4.57. The van der Waals surface area contributed by atoms with E-state index >= 15 is 0 Å². The van der Waals surface area contributed by atoms with Crippen molar-refractivity contribution in [2.24, 2.45) is 5.92 Å². The van der Waals surface area contributed by atoms with Gasteiger partial charge in [-0.25, -0.2) is 0 Å². The van der Waals surface area contributed by atoms with E-state index in [-0.39, 0.29) is 0 Å². The summed E-state index contributed by atoms with van der Waals surface area (Å²) < 4.78 is 0. The van der Waals surface area contributed by atoms with Gasteiger partial charge in [-0.2, -0.15) is 0 Å². The molecule has 88 valence electrons. The zero-order valence-electron chi connectivity index (χ0n) is 10.6. The molecule has 0 amide bonds. The van der Waals surface area contributed by atoms with E-state index in [1.54, 1.807) is 0 Å². The molecule has 0 aliphatic carbocycles. The van der Waals surface area contributed by atoms with Crippen molar-refractivity contribution in [1.82, 2.24) is 9.88 Å². The lowest BCUT2D eigenvalue weighted by Crippen LogP contribution is -2.27. The van der Waals surface area contributed by atoms with E-state index in [0.29, 0.717) is 6.04 Å². The van der Waals surface area contributed by atoms with Crippen molar-refractivity contribution < 1.29 is 0 Å². The van der Waals surface area contributed by atoms with Gasteiger partial charge in [-0.15, -0.1) is 0 Å². The summed E-state index contributed by atoms with van der Waals surface area (Å²) in [5.74, 6) is 0.753. The van der Waals surface area contributed by atoms with Crippen LogP contribution < -0.4 is 0 Å². The number of rotatable bonds is 3. The van der Waals surface area contributed by atoms with Gasteiger partial charge in [-0.1, -0.05) is 13.8 Å². The highest BCUT2D eigenvalue weighted by Crippen LogP contribution is 2.32. The molecule has 0 aromatic carbocycles. The minimum Gasteiger partial charge on any atom is -0.296 e. The summed E-state index contributed by atoms with van der Waals surface area (Å²) in [5.41, 5.74) is 2.58. The van der Waals surface area contributed by atoms with Gasteiger partial charge in [0.05, 0.1) is 0 Å². The van der Waals surface area contributed by atoms with Crippen molar-refractivity contribution >= 4 is 0 Å². The van der Waals surface area contributed by atoms with Crippen LogP contribution in [-0.2, 0) is 0 Å². The van der Waals surface area contributed by atoms with Gasteiger partial charge in [0.15, 0.2) is 0 Å². The van der Waals surface area contributed by atoms with E-state index < -0.39 is 0 Å². The molecule has 1 aromatic heterocycles. The Bertz CT molecular complexity index is 346. The van der Waals surface area contributed by atoms with Crippen molar-refractivity contribution in [3.05, 3.63) is 29.6 Å². The molecule has 2 heteroatoms. The Labute approximate surface area is 98.7 Å². The molecule has 0 saturated carbocycles. The van der Waals surface area contributed by atoms with E-state index in [2.05, 4.69) is 42.8 Å². The molecule has 2 nitrogen and oxygen atoms in total. The second-order valence-corrected chi connectivity index (χ2v) is 5.28. The van der Waals surface area contributed by atoms with Crippen LogP contribution in [0.15, 0.2) is 18.3 Å². The minimum absolute atomic E-state index is 0.629. The fourth-order valence-electron chi connectivity index (χ4n) is 2.67. The van der Waals surface area contributed by atoms with Crippen molar-refractivity contribution in [2.75, 3.05) is 13.1 Å². The molecule has 0 N–H and O–H groups in total. The molecule has 1 unspecified atom stereocenters. The van der Waals surface area contributed by atoms with Crippen molar-refractivity contribution in [3.63, 3.8) is 0 Å². The first-order valence-corrected chi connectivity index (χ1v) is 6.33. The van der Waals surface area contributed by atoms with Gasteiger partial charge in [-0.3, -0.25) is 9.88 Å². The van der Waals surface area contributed by atoms with Crippen LogP contribution in [0.2, 0.25) is 0 Å². The Morgan fingerprint density at radius 1 is 1.50 bits per heavy atom. The lowest BCUT2D eigenvalue weighted by Gasteiger charge is -2.26. The second-order valence-electron chi connectivity index (χ2n) is 5.28. The van der Waals surface area contributed by atoms with Crippen LogP contribution in [0.3, 0.4) is 0 Å². The summed E-state index contributed by atoms with van der Waals surface area (Å²) >= 11 is 0. The number of nitrogens with zero attached hydrogens (tertiary/aromatic N) is 2. The molecule has 16 heavy (non-hydrogen) atoms. The SMILES string of the molecule is Cc1cc(C2CCCN2CC(C)C)ccn1. The van der Waals surface area contributed by atoms with Gasteiger partial charge in [-0.05, 0) is 49.9 Å². The van der Waals surface area contributed by atoms with Crippen LogP contribution in [0, 0.1) is 12.8 Å². The molecule has 1 aromatic rings. The van der Waals surface area contributed by atoms with Gasteiger partial charge in [0.25, 0.3) is 0 Å².